The number of nitrogens with zero attached hydrogens (tertiary/aromatic N) is 1. The Morgan fingerprint density at radius 3 is 2.21 bits per heavy atom. The average Bonchev–Trinajstić information content (AvgIpc) is 1.96. The first-order chi connectivity index (χ1) is 6.34. The molecule has 0 spiro atoms. The molecule has 0 aromatic rings. The molecule has 0 aliphatic carbocycles. The van der Waals surface area contributed by atoms with Crippen LogP contribution >= 0.6 is 0 Å². The van der Waals surface area contributed by atoms with Crippen LogP contribution in [-0.4, -0.2) is 37.1 Å². The number of hydrogen-bond donors (Lipinski definition) is 0. The van der Waals surface area contributed by atoms with E-state index in [0.29, 0.717) is 19.3 Å². The quantitative estimate of drug-likeness (QED) is 0.675. The Morgan fingerprint density at radius 1 is 1.43 bits per heavy atom. The molecule has 0 N–H and O–H groups in total. The monoisotopic (exact) mass is 199 g/mol. The van der Waals surface area contributed by atoms with Crippen molar-refractivity contribution in [2.75, 3.05) is 20.3 Å². The molecule has 1 rings (SSSR count). The summed E-state index contributed by atoms with van der Waals surface area (Å²) in [5, 5.41) is 0. The topological polar surface area (TPSA) is 29.5 Å². The molecule has 14 heavy (non-hydrogen) atoms. The van der Waals surface area contributed by atoms with Gasteiger partial charge in [0.2, 0.25) is 5.91 Å². The minimum absolute atomic E-state index is 0.0376. The van der Waals surface area contributed by atoms with E-state index in [1.807, 2.05) is 18.9 Å². The van der Waals surface area contributed by atoms with Crippen molar-refractivity contribution < 1.29 is 9.53 Å². The second kappa shape index (κ2) is 3.89. The van der Waals surface area contributed by atoms with Crippen LogP contribution in [0, 0.1) is 11.3 Å². The van der Waals surface area contributed by atoms with E-state index in [-0.39, 0.29) is 17.2 Å². The first-order valence-electron chi connectivity index (χ1n) is 5.18. The van der Waals surface area contributed by atoms with Crippen LogP contribution in [0.4, 0.5) is 0 Å². The van der Waals surface area contributed by atoms with E-state index in [9.17, 15) is 4.79 Å². The molecule has 0 unspecified atom stereocenters. The minimum Gasteiger partial charge on any atom is -0.377 e. The Labute approximate surface area is 86.4 Å². The molecule has 0 aromatic heterocycles. The smallest absolute Gasteiger partial charge is 0.226 e. The zero-order valence-corrected chi connectivity index (χ0v) is 9.83. The molecule has 3 nitrogen and oxygen atoms in total. The highest BCUT2D eigenvalue weighted by atomic mass is 16.5. The van der Waals surface area contributed by atoms with Gasteiger partial charge in [-0.25, -0.2) is 0 Å². The molecule has 0 bridgehead atoms. The van der Waals surface area contributed by atoms with Crippen molar-refractivity contribution in [2.24, 2.45) is 11.3 Å². The third kappa shape index (κ3) is 2.27. The summed E-state index contributed by atoms with van der Waals surface area (Å²) >= 11 is 0. The standard InChI is InChI=1S/C11H21NO2/c1-8(11(2,3)4)10(13)12(5)9-6-14-7-9/h8-9H,6-7H2,1-5H3/t8-/m0/s1. The summed E-state index contributed by atoms with van der Waals surface area (Å²) in [7, 11) is 1.87. The van der Waals surface area contributed by atoms with Crippen LogP contribution in [0.15, 0.2) is 0 Å². The Kier molecular flexibility index (Phi) is 3.20. The average molecular weight is 199 g/mol. The maximum absolute atomic E-state index is 12.0. The number of likely N-dealkylation sites (N-methyl/N-ethyl adjacent to an activating group) is 1. The highest BCUT2D eigenvalue weighted by Gasteiger charge is 2.34. The third-order valence-corrected chi connectivity index (χ3v) is 3.19. The van der Waals surface area contributed by atoms with Gasteiger partial charge in [-0.2, -0.15) is 0 Å². The van der Waals surface area contributed by atoms with Gasteiger partial charge in [0.15, 0.2) is 0 Å². The summed E-state index contributed by atoms with van der Waals surface area (Å²) in [6, 6.07) is 0.298. The Balaban J connectivity index is 2.55. The Hall–Kier alpha value is -0.570. The lowest BCUT2D eigenvalue weighted by molar-refractivity contribution is -0.148. The third-order valence-electron chi connectivity index (χ3n) is 3.19. The number of amides is 1. The molecule has 0 aromatic carbocycles. The van der Waals surface area contributed by atoms with Crippen molar-refractivity contribution in [2.45, 2.75) is 33.7 Å². The Bertz CT molecular complexity index is 216. The van der Waals surface area contributed by atoms with E-state index in [1.54, 1.807) is 0 Å². The fourth-order valence-electron chi connectivity index (χ4n) is 1.30. The van der Waals surface area contributed by atoms with Crippen molar-refractivity contribution in [1.29, 1.82) is 0 Å². The molecule has 1 saturated heterocycles. The van der Waals surface area contributed by atoms with Crippen LogP contribution in [0.2, 0.25) is 0 Å². The van der Waals surface area contributed by atoms with Crippen LogP contribution in [0.25, 0.3) is 0 Å². The summed E-state index contributed by atoms with van der Waals surface area (Å²) < 4.78 is 5.08. The molecule has 1 fully saturated rings. The van der Waals surface area contributed by atoms with E-state index >= 15 is 0 Å². The molecule has 1 aliphatic heterocycles. The fraction of sp³-hybridized carbons (Fsp3) is 0.909. The SMILES string of the molecule is C[C@@H](C(=O)N(C)C1COC1)C(C)(C)C. The lowest BCUT2D eigenvalue weighted by Crippen LogP contribution is -2.52. The van der Waals surface area contributed by atoms with Gasteiger partial charge in [0, 0.05) is 13.0 Å². The highest BCUT2D eigenvalue weighted by molar-refractivity contribution is 5.79. The number of ether oxygens (including phenoxy) is 1. The predicted octanol–water partition coefficient (Wildman–Crippen LogP) is 1.53. The molecular weight excluding hydrogens is 178 g/mol. The zero-order valence-electron chi connectivity index (χ0n) is 9.83. The second-order valence-electron chi connectivity index (χ2n) is 5.23. The van der Waals surface area contributed by atoms with Crippen LogP contribution in [0.1, 0.15) is 27.7 Å². The molecule has 0 radical (unpaired) electrons. The van der Waals surface area contributed by atoms with Gasteiger partial charge in [0.25, 0.3) is 0 Å². The van der Waals surface area contributed by atoms with Crippen molar-refractivity contribution in [3.8, 4) is 0 Å². The maximum atomic E-state index is 12.0. The van der Waals surface area contributed by atoms with Crippen LogP contribution in [-0.2, 0) is 9.53 Å². The number of carbonyl (C=O) groups excluding carboxylic acids is 1. The van der Waals surface area contributed by atoms with Crippen LogP contribution in [0.3, 0.4) is 0 Å². The van der Waals surface area contributed by atoms with Gasteiger partial charge in [-0.05, 0) is 5.41 Å². The van der Waals surface area contributed by atoms with E-state index in [0.717, 1.165) is 0 Å². The molecule has 1 amide bonds. The van der Waals surface area contributed by atoms with Crippen molar-refractivity contribution in [3.63, 3.8) is 0 Å². The van der Waals surface area contributed by atoms with E-state index in [4.69, 9.17) is 4.74 Å². The summed E-state index contributed by atoms with van der Waals surface area (Å²) in [5.41, 5.74) is 0.0376. The summed E-state index contributed by atoms with van der Waals surface area (Å²) in [4.78, 5) is 13.8. The van der Waals surface area contributed by atoms with Gasteiger partial charge >= 0.3 is 0 Å². The Morgan fingerprint density at radius 2 is 1.93 bits per heavy atom. The molecule has 3 heteroatoms. The number of rotatable bonds is 2. The zero-order chi connectivity index (χ0) is 10.9. The molecular formula is C11H21NO2. The van der Waals surface area contributed by atoms with E-state index in [2.05, 4.69) is 20.8 Å². The summed E-state index contributed by atoms with van der Waals surface area (Å²) in [6.07, 6.45) is 0. The maximum Gasteiger partial charge on any atom is 0.226 e. The lowest BCUT2D eigenvalue weighted by Gasteiger charge is -2.38. The molecule has 0 saturated carbocycles. The number of carbonyl (C=O) groups is 1. The van der Waals surface area contributed by atoms with Gasteiger partial charge in [-0.1, -0.05) is 27.7 Å². The molecule has 1 atom stereocenters. The van der Waals surface area contributed by atoms with Gasteiger partial charge in [-0.15, -0.1) is 0 Å². The largest absolute Gasteiger partial charge is 0.377 e. The second-order valence-corrected chi connectivity index (χ2v) is 5.23. The lowest BCUT2D eigenvalue weighted by atomic mass is 9.81. The molecule has 1 heterocycles. The minimum atomic E-state index is 0.0376. The van der Waals surface area contributed by atoms with E-state index in [1.165, 1.54) is 0 Å². The molecule has 1 aliphatic rings. The molecule has 82 valence electrons. The van der Waals surface area contributed by atoms with Crippen molar-refractivity contribution in [3.05, 3.63) is 0 Å². The predicted molar refractivity (Wildman–Crippen MR) is 56.0 cm³/mol. The first kappa shape index (κ1) is 11.5. The first-order valence-corrected chi connectivity index (χ1v) is 5.18. The van der Waals surface area contributed by atoms with Gasteiger partial charge in [0.05, 0.1) is 19.3 Å². The van der Waals surface area contributed by atoms with Gasteiger partial charge in [0.1, 0.15) is 0 Å². The summed E-state index contributed by atoms with van der Waals surface area (Å²) in [6.45, 7) is 9.68. The number of hydrogen-bond acceptors (Lipinski definition) is 2. The van der Waals surface area contributed by atoms with Crippen LogP contribution < -0.4 is 0 Å². The highest BCUT2D eigenvalue weighted by Crippen LogP contribution is 2.27. The fourth-order valence-corrected chi connectivity index (χ4v) is 1.30. The van der Waals surface area contributed by atoms with Crippen molar-refractivity contribution in [1.82, 2.24) is 4.90 Å². The summed E-state index contributed by atoms with van der Waals surface area (Å²) in [5.74, 6) is 0.291. The normalized spacial score (nSPS) is 20.1. The van der Waals surface area contributed by atoms with Crippen molar-refractivity contribution >= 4 is 5.91 Å². The van der Waals surface area contributed by atoms with Gasteiger partial charge < -0.3 is 9.64 Å². The van der Waals surface area contributed by atoms with Gasteiger partial charge in [-0.3, -0.25) is 4.79 Å². The van der Waals surface area contributed by atoms with E-state index < -0.39 is 0 Å². The van der Waals surface area contributed by atoms with Crippen LogP contribution in [0.5, 0.6) is 0 Å².